The molecule has 0 aliphatic carbocycles. The molecule has 9 rings (SSSR count). The molecule has 0 bridgehead atoms. The van der Waals surface area contributed by atoms with E-state index in [1.165, 1.54) is 79.0 Å². The monoisotopic (exact) mass is 531 g/mol. The van der Waals surface area contributed by atoms with Gasteiger partial charge in [0, 0.05) is 56.8 Å². The zero-order valence-corrected chi connectivity index (χ0v) is 22.5. The minimum Gasteiger partial charge on any atom is -0.309 e. The van der Waals surface area contributed by atoms with Crippen LogP contribution in [0.25, 0.3) is 79.0 Å². The van der Waals surface area contributed by atoms with Gasteiger partial charge in [0.2, 0.25) is 0 Å². The maximum Gasteiger partial charge on any atom is 0.0541 e. The Balaban J connectivity index is 1.33. The first-order valence-electron chi connectivity index (χ1n) is 13.2. The molecule has 0 aliphatic rings. The Bertz CT molecular complexity index is 2350. The molecule has 0 amide bonds. The summed E-state index contributed by atoms with van der Waals surface area (Å²) in [6.45, 7) is 0. The average molecular weight is 532 g/mol. The summed E-state index contributed by atoms with van der Waals surface area (Å²) in [6.07, 6.45) is 0. The molecular weight excluding hydrogens is 511 g/mol. The van der Waals surface area contributed by atoms with E-state index in [4.69, 9.17) is 0 Å². The molecule has 0 fully saturated rings. The van der Waals surface area contributed by atoms with E-state index >= 15 is 0 Å². The first kappa shape index (κ1) is 21.5. The van der Waals surface area contributed by atoms with Crippen LogP contribution in [0.3, 0.4) is 0 Å². The number of rotatable bonds is 2. The van der Waals surface area contributed by atoms with Crippen molar-refractivity contribution in [1.82, 2.24) is 4.57 Å². The van der Waals surface area contributed by atoms with Crippen LogP contribution >= 0.6 is 22.7 Å². The number of nitrogens with zero attached hydrogens (tertiary/aromatic N) is 1. The van der Waals surface area contributed by atoms with Crippen LogP contribution in [0.5, 0.6) is 0 Å². The normalized spacial score (nSPS) is 12.1. The Morgan fingerprint density at radius 3 is 1.85 bits per heavy atom. The lowest BCUT2D eigenvalue weighted by molar-refractivity contribution is 1.19. The molecule has 0 N–H and O–H groups in total. The zero-order valence-electron chi connectivity index (χ0n) is 20.9. The third-order valence-corrected chi connectivity index (χ3v) is 10.3. The predicted molar refractivity (Wildman–Crippen MR) is 172 cm³/mol. The van der Waals surface area contributed by atoms with E-state index in [0.717, 1.165) is 0 Å². The molecule has 6 aromatic carbocycles. The summed E-state index contributed by atoms with van der Waals surface area (Å²) in [7, 11) is 0. The van der Waals surface area contributed by atoms with Gasteiger partial charge >= 0.3 is 0 Å². The highest BCUT2D eigenvalue weighted by atomic mass is 32.1. The van der Waals surface area contributed by atoms with E-state index in [1.54, 1.807) is 0 Å². The fraction of sp³-hybridized carbons (Fsp3) is 0. The highest BCUT2D eigenvalue weighted by molar-refractivity contribution is 7.26. The van der Waals surface area contributed by atoms with Gasteiger partial charge < -0.3 is 4.57 Å². The first-order chi connectivity index (χ1) is 19.3. The lowest BCUT2D eigenvalue weighted by atomic mass is 9.98. The Labute approximate surface area is 232 Å². The standard InChI is InChI=1S/C36H21NS2/c1-4-12-30-25(8-1)26-9-2-5-13-31(26)37(30)23-17-19-34-29(21-23)36-24(11-7-15-35(36)39-34)22-16-18-33-28(20-22)27-10-3-6-14-32(27)38-33/h1-21H. The number of fused-ring (bicyclic) bond motifs is 9. The largest absolute Gasteiger partial charge is 0.309 e. The summed E-state index contributed by atoms with van der Waals surface area (Å²) < 4.78 is 7.76. The molecule has 3 heteroatoms. The lowest BCUT2D eigenvalue weighted by Crippen LogP contribution is -1.93. The van der Waals surface area contributed by atoms with Gasteiger partial charge in [-0.1, -0.05) is 72.8 Å². The summed E-state index contributed by atoms with van der Waals surface area (Å²) in [5, 5.41) is 7.94. The smallest absolute Gasteiger partial charge is 0.0541 e. The molecule has 0 radical (unpaired) electrons. The molecule has 1 nitrogen and oxygen atoms in total. The van der Waals surface area contributed by atoms with E-state index in [0.29, 0.717) is 0 Å². The van der Waals surface area contributed by atoms with Crippen molar-refractivity contribution in [3.05, 3.63) is 127 Å². The highest BCUT2D eigenvalue weighted by Crippen LogP contribution is 2.43. The Kier molecular flexibility index (Phi) is 4.43. The Hall–Kier alpha value is -4.44. The van der Waals surface area contributed by atoms with E-state index in [2.05, 4.69) is 132 Å². The van der Waals surface area contributed by atoms with Crippen LogP contribution in [0.1, 0.15) is 0 Å². The second-order valence-electron chi connectivity index (χ2n) is 10.1. The van der Waals surface area contributed by atoms with Crippen molar-refractivity contribution < 1.29 is 0 Å². The summed E-state index contributed by atoms with van der Waals surface area (Å²) in [4.78, 5) is 0. The molecular formula is C36H21NS2. The molecule has 3 heterocycles. The van der Waals surface area contributed by atoms with Crippen LogP contribution in [-0.4, -0.2) is 4.57 Å². The van der Waals surface area contributed by atoms with Gasteiger partial charge in [-0.05, 0) is 65.7 Å². The molecule has 0 unspecified atom stereocenters. The van der Waals surface area contributed by atoms with Crippen molar-refractivity contribution in [2.24, 2.45) is 0 Å². The summed E-state index contributed by atoms with van der Waals surface area (Å²) >= 11 is 3.76. The van der Waals surface area contributed by atoms with Gasteiger partial charge in [-0.3, -0.25) is 0 Å². The Morgan fingerprint density at radius 2 is 1.03 bits per heavy atom. The first-order valence-corrected chi connectivity index (χ1v) is 14.8. The molecule has 182 valence electrons. The van der Waals surface area contributed by atoms with Crippen molar-refractivity contribution >= 4 is 84.8 Å². The Morgan fingerprint density at radius 1 is 0.410 bits per heavy atom. The fourth-order valence-electron chi connectivity index (χ4n) is 6.29. The third-order valence-electron chi connectivity index (χ3n) is 8.00. The van der Waals surface area contributed by atoms with Crippen molar-refractivity contribution in [2.45, 2.75) is 0 Å². The number of aromatic nitrogens is 1. The van der Waals surface area contributed by atoms with Crippen molar-refractivity contribution in [3.63, 3.8) is 0 Å². The third kappa shape index (κ3) is 3.06. The maximum atomic E-state index is 2.42. The molecule has 39 heavy (non-hydrogen) atoms. The summed E-state index contributed by atoms with van der Waals surface area (Å²) in [6, 6.07) is 46.9. The van der Waals surface area contributed by atoms with Gasteiger partial charge in [0.05, 0.1) is 11.0 Å². The van der Waals surface area contributed by atoms with E-state index in [-0.39, 0.29) is 0 Å². The minimum absolute atomic E-state index is 1.20. The number of hydrogen-bond donors (Lipinski definition) is 0. The second-order valence-corrected chi connectivity index (χ2v) is 12.3. The van der Waals surface area contributed by atoms with Crippen molar-refractivity contribution in [2.75, 3.05) is 0 Å². The van der Waals surface area contributed by atoms with Crippen LogP contribution in [0, 0.1) is 0 Å². The number of thiophene rings is 2. The molecule has 9 aromatic rings. The van der Waals surface area contributed by atoms with Crippen LogP contribution in [0.2, 0.25) is 0 Å². The molecule has 0 spiro atoms. The van der Waals surface area contributed by atoms with Gasteiger partial charge in [-0.2, -0.15) is 0 Å². The number of benzene rings is 6. The molecule has 0 aliphatic heterocycles. The maximum absolute atomic E-state index is 2.42. The van der Waals surface area contributed by atoms with Gasteiger partial charge in [0.25, 0.3) is 0 Å². The summed E-state index contributed by atoms with van der Waals surface area (Å²) in [5.74, 6) is 0. The van der Waals surface area contributed by atoms with E-state index in [1.807, 2.05) is 22.7 Å². The highest BCUT2D eigenvalue weighted by Gasteiger charge is 2.16. The van der Waals surface area contributed by atoms with Crippen molar-refractivity contribution in [3.8, 4) is 16.8 Å². The zero-order chi connectivity index (χ0) is 25.5. The number of para-hydroxylation sites is 2. The van der Waals surface area contributed by atoms with Crippen LogP contribution in [-0.2, 0) is 0 Å². The molecule has 0 saturated carbocycles. The van der Waals surface area contributed by atoms with E-state index < -0.39 is 0 Å². The van der Waals surface area contributed by atoms with Gasteiger partial charge in [0.1, 0.15) is 0 Å². The fourth-order valence-corrected chi connectivity index (χ4v) is 8.49. The van der Waals surface area contributed by atoms with Crippen LogP contribution < -0.4 is 0 Å². The van der Waals surface area contributed by atoms with Gasteiger partial charge in [-0.25, -0.2) is 0 Å². The predicted octanol–water partition coefficient (Wildman–Crippen LogP) is 11.2. The van der Waals surface area contributed by atoms with Crippen LogP contribution in [0.4, 0.5) is 0 Å². The second kappa shape index (κ2) is 8.03. The average Bonchev–Trinajstić information content (AvgIpc) is 3.66. The topological polar surface area (TPSA) is 4.93 Å². The van der Waals surface area contributed by atoms with Crippen LogP contribution in [0.15, 0.2) is 127 Å². The minimum atomic E-state index is 1.20. The lowest BCUT2D eigenvalue weighted by Gasteiger charge is -2.09. The molecule has 0 saturated heterocycles. The molecule has 0 atom stereocenters. The van der Waals surface area contributed by atoms with E-state index in [9.17, 15) is 0 Å². The summed E-state index contributed by atoms with van der Waals surface area (Å²) in [5.41, 5.74) is 6.27. The number of hydrogen-bond acceptors (Lipinski definition) is 2. The quantitative estimate of drug-likeness (QED) is 0.209. The van der Waals surface area contributed by atoms with Gasteiger partial charge in [-0.15, -0.1) is 22.7 Å². The molecule has 3 aromatic heterocycles. The van der Waals surface area contributed by atoms with Crippen molar-refractivity contribution in [1.29, 1.82) is 0 Å². The SMILES string of the molecule is c1ccc2c(c1)sc1ccc(-c3cccc4sc5ccc(-n6c7ccccc7c7ccccc76)cc5c34)cc12. The van der Waals surface area contributed by atoms with Gasteiger partial charge in [0.15, 0.2) is 0 Å².